The van der Waals surface area contributed by atoms with Crippen LogP contribution in [-0.2, 0) is 0 Å². The first kappa shape index (κ1) is 22.3. The van der Waals surface area contributed by atoms with Crippen molar-refractivity contribution in [1.29, 1.82) is 0 Å². The van der Waals surface area contributed by atoms with Crippen molar-refractivity contribution in [1.82, 2.24) is 24.9 Å². The van der Waals surface area contributed by atoms with Gasteiger partial charge in [-0.2, -0.15) is 4.68 Å². The third-order valence-electron chi connectivity index (χ3n) is 5.50. The van der Waals surface area contributed by atoms with Crippen molar-refractivity contribution in [2.75, 3.05) is 31.5 Å². The minimum Gasteiger partial charge on any atom is -0.406 e. The molecule has 1 fully saturated rings. The smallest absolute Gasteiger partial charge is 0.406 e. The zero-order valence-corrected chi connectivity index (χ0v) is 18.1. The van der Waals surface area contributed by atoms with Gasteiger partial charge in [-0.3, -0.25) is 0 Å². The van der Waals surface area contributed by atoms with Crippen LogP contribution in [0.15, 0.2) is 36.4 Å². The van der Waals surface area contributed by atoms with Gasteiger partial charge < -0.3 is 15.0 Å². The Hall–Kier alpha value is -2.88. The van der Waals surface area contributed by atoms with Crippen molar-refractivity contribution in [2.24, 2.45) is 11.8 Å². The van der Waals surface area contributed by atoms with Crippen molar-refractivity contribution in [3.8, 4) is 11.4 Å². The average Bonchev–Trinajstić information content (AvgIpc) is 3.15. The molecule has 0 aliphatic carbocycles. The Morgan fingerprint density at radius 3 is 2.66 bits per heavy atom. The number of fused-ring (bicyclic) bond motifs is 1. The lowest BCUT2D eigenvalue weighted by Crippen LogP contribution is -2.37. The Balaban J connectivity index is 1.44. The highest BCUT2D eigenvalue weighted by atomic mass is 19.4. The molecule has 172 valence electrons. The van der Waals surface area contributed by atoms with Crippen LogP contribution >= 0.6 is 0 Å². The summed E-state index contributed by atoms with van der Waals surface area (Å²) in [5, 5.41) is 11.5. The van der Waals surface area contributed by atoms with Gasteiger partial charge in [0.25, 0.3) is 0 Å². The quantitative estimate of drug-likeness (QED) is 0.574. The summed E-state index contributed by atoms with van der Waals surface area (Å²) < 4.78 is 43.1. The molecule has 0 radical (unpaired) electrons. The number of likely N-dealkylation sites (tertiary alicyclic amines) is 1. The highest BCUT2D eigenvalue weighted by Gasteiger charge is 2.31. The number of nitrogens with zero attached hydrogens (tertiary/aromatic N) is 5. The molecule has 0 spiro atoms. The number of pyridine rings is 1. The summed E-state index contributed by atoms with van der Waals surface area (Å²) in [6.07, 6.45) is -2.47. The lowest BCUT2D eigenvalue weighted by atomic mass is 9.96. The molecule has 2 aromatic heterocycles. The summed E-state index contributed by atoms with van der Waals surface area (Å²) in [6.45, 7) is 8.69. The Bertz CT molecular complexity index is 1040. The van der Waals surface area contributed by atoms with E-state index in [1.807, 2.05) is 6.07 Å². The normalized spacial score (nSPS) is 16.1. The largest absolute Gasteiger partial charge is 0.573 e. The number of benzene rings is 1. The number of anilines is 1. The van der Waals surface area contributed by atoms with Crippen LogP contribution in [0.3, 0.4) is 0 Å². The number of piperidine rings is 1. The van der Waals surface area contributed by atoms with Gasteiger partial charge in [-0.1, -0.05) is 25.1 Å². The summed E-state index contributed by atoms with van der Waals surface area (Å²) in [6, 6.07) is 9.24. The van der Waals surface area contributed by atoms with Gasteiger partial charge in [0.05, 0.1) is 5.69 Å². The second-order valence-corrected chi connectivity index (χ2v) is 8.60. The molecule has 1 aliphatic rings. The average molecular weight is 448 g/mol. The number of ether oxygens (including phenoxy) is 1. The summed E-state index contributed by atoms with van der Waals surface area (Å²) in [5.41, 5.74) is 1.40. The fourth-order valence-corrected chi connectivity index (χ4v) is 4.03. The minimum absolute atomic E-state index is 0.322. The molecule has 0 saturated carbocycles. The second kappa shape index (κ2) is 9.32. The lowest BCUT2D eigenvalue weighted by Gasteiger charge is -2.33. The van der Waals surface area contributed by atoms with Crippen molar-refractivity contribution in [2.45, 2.75) is 33.1 Å². The zero-order chi connectivity index (χ0) is 22.7. The van der Waals surface area contributed by atoms with E-state index < -0.39 is 6.36 Å². The number of halogens is 3. The Morgan fingerprint density at radius 1 is 1.16 bits per heavy atom. The molecule has 0 unspecified atom stereocenters. The first-order valence-electron chi connectivity index (χ1n) is 10.8. The summed E-state index contributed by atoms with van der Waals surface area (Å²) in [7, 11) is 0. The Morgan fingerprint density at radius 2 is 1.94 bits per heavy atom. The van der Waals surface area contributed by atoms with Crippen LogP contribution in [-0.4, -0.2) is 57.4 Å². The Labute approximate surface area is 184 Å². The van der Waals surface area contributed by atoms with Crippen LogP contribution in [0.2, 0.25) is 0 Å². The van der Waals surface area contributed by atoms with E-state index in [1.54, 1.807) is 12.1 Å². The summed E-state index contributed by atoms with van der Waals surface area (Å²) >= 11 is 0. The van der Waals surface area contributed by atoms with Crippen molar-refractivity contribution >= 4 is 17.0 Å². The lowest BCUT2D eigenvalue weighted by molar-refractivity contribution is -0.274. The van der Waals surface area contributed by atoms with E-state index in [4.69, 9.17) is 0 Å². The maximum atomic E-state index is 12.6. The minimum atomic E-state index is -4.76. The SMILES string of the molecule is CC(C)CN1CCC(CNc2ccc3nnn(-c4cccc(OC(F)(F)F)c4)c3n2)CC1. The fourth-order valence-electron chi connectivity index (χ4n) is 4.03. The van der Waals surface area contributed by atoms with Gasteiger partial charge in [0.15, 0.2) is 5.65 Å². The molecular weight excluding hydrogens is 421 g/mol. The van der Waals surface area contributed by atoms with Gasteiger partial charge in [0.2, 0.25) is 0 Å². The first-order valence-corrected chi connectivity index (χ1v) is 10.8. The molecule has 10 heteroatoms. The number of rotatable bonds is 7. The van der Waals surface area contributed by atoms with Gasteiger partial charge in [-0.15, -0.1) is 18.3 Å². The molecule has 0 amide bonds. The van der Waals surface area contributed by atoms with Gasteiger partial charge >= 0.3 is 6.36 Å². The molecule has 4 rings (SSSR count). The van der Waals surface area contributed by atoms with Crippen LogP contribution in [0, 0.1) is 11.8 Å². The highest BCUT2D eigenvalue weighted by molar-refractivity contribution is 5.74. The number of aromatic nitrogens is 4. The van der Waals surface area contributed by atoms with Gasteiger partial charge in [0.1, 0.15) is 17.1 Å². The standard InChI is InChI=1S/C22H27F3N6O/c1-15(2)14-30-10-8-16(9-11-30)13-26-20-7-6-19-21(27-20)31(29-28-19)17-4-3-5-18(12-17)32-22(23,24)25/h3-7,12,15-16H,8-11,13-14H2,1-2H3,(H,26,27). The topological polar surface area (TPSA) is 68.1 Å². The van der Waals surface area contributed by atoms with Gasteiger partial charge in [-0.25, -0.2) is 4.98 Å². The molecular formula is C22H27F3N6O. The number of alkyl halides is 3. The van der Waals surface area contributed by atoms with Crippen LogP contribution < -0.4 is 10.1 Å². The van der Waals surface area contributed by atoms with Crippen LogP contribution in [0.5, 0.6) is 5.75 Å². The summed E-state index contributed by atoms with van der Waals surface area (Å²) in [5.74, 6) is 1.63. The van der Waals surface area contributed by atoms with Crippen molar-refractivity contribution < 1.29 is 17.9 Å². The van der Waals surface area contributed by atoms with E-state index in [9.17, 15) is 13.2 Å². The van der Waals surface area contributed by atoms with Gasteiger partial charge in [0, 0.05) is 19.2 Å². The fraction of sp³-hybridized carbons (Fsp3) is 0.500. The van der Waals surface area contributed by atoms with Crippen LogP contribution in [0.4, 0.5) is 19.0 Å². The van der Waals surface area contributed by atoms with E-state index in [1.165, 1.54) is 22.9 Å². The monoisotopic (exact) mass is 448 g/mol. The molecule has 1 N–H and O–H groups in total. The van der Waals surface area contributed by atoms with E-state index >= 15 is 0 Å². The third-order valence-corrected chi connectivity index (χ3v) is 5.50. The van der Waals surface area contributed by atoms with Crippen molar-refractivity contribution in [3.05, 3.63) is 36.4 Å². The highest BCUT2D eigenvalue weighted by Crippen LogP contribution is 2.26. The van der Waals surface area contributed by atoms with Crippen LogP contribution in [0.1, 0.15) is 26.7 Å². The number of hydrogen-bond acceptors (Lipinski definition) is 6. The molecule has 1 saturated heterocycles. The molecule has 3 aromatic rings. The molecule has 0 bridgehead atoms. The molecule has 7 nitrogen and oxygen atoms in total. The first-order chi connectivity index (χ1) is 15.3. The third kappa shape index (κ3) is 5.67. The van der Waals surface area contributed by atoms with E-state index in [-0.39, 0.29) is 5.75 Å². The molecule has 32 heavy (non-hydrogen) atoms. The maximum Gasteiger partial charge on any atom is 0.573 e. The predicted octanol–water partition coefficient (Wildman–Crippen LogP) is 4.49. The zero-order valence-electron chi connectivity index (χ0n) is 18.1. The van der Waals surface area contributed by atoms with Gasteiger partial charge in [-0.05, 0) is 62.0 Å². The molecule has 1 aromatic carbocycles. The van der Waals surface area contributed by atoms with E-state index in [0.29, 0.717) is 34.5 Å². The molecule has 0 atom stereocenters. The van der Waals surface area contributed by atoms with E-state index in [2.05, 4.69) is 44.1 Å². The van der Waals surface area contributed by atoms with Crippen LogP contribution in [0.25, 0.3) is 16.9 Å². The maximum absolute atomic E-state index is 12.6. The number of nitrogens with one attached hydrogen (secondary N) is 1. The van der Waals surface area contributed by atoms with E-state index in [0.717, 1.165) is 39.0 Å². The molecule has 3 heterocycles. The molecule has 1 aliphatic heterocycles. The van der Waals surface area contributed by atoms with Crippen molar-refractivity contribution in [3.63, 3.8) is 0 Å². The summed E-state index contributed by atoms with van der Waals surface area (Å²) in [4.78, 5) is 7.13. The number of hydrogen-bond donors (Lipinski definition) is 1. The predicted molar refractivity (Wildman–Crippen MR) is 116 cm³/mol. The second-order valence-electron chi connectivity index (χ2n) is 8.60. The Kier molecular flexibility index (Phi) is 6.50.